The van der Waals surface area contributed by atoms with Crippen LogP contribution in [0.5, 0.6) is 0 Å². The predicted octanol–water partition coefficient (Wildman–Crippen LogP) is 2.71. The summed E-state index contributed by atoms with van der Waals surface area (Å²) in [6.45, 7) is 5.69. The van der Waals surface area contributed by atoms with Gasteiger partial charge < -0.3 is 9.52 Å². The molecule has 0 aliphatic heterocycles. The SMILES string of the molecule is CCCC(O)CN(Cc1ccc(C)o1)C1CC1. The van der Waals surface area contributed by atoms with Gasteiger partial charge in [0.15, 0.2) is 0 Å². The number of aryl methyl sites for hydroxylation is 1. The molecule has 3 nitrogen and oxygen atoms in total. The molecule has 1 unspecified atom stereocenters. The summed E-state index contributed by atoms with van der Waals surface area (Å²) in [6.07, 6.45) is 4.26. The van der Waals surface area contributed by atoms with Crippen LogP contribution in [0.15, 0.2) is 16.5 Å². The summed E-state index contributed by atoms with van der Waals surface area (Å²) in [6, 6.07) is 4.70. The lowest BCUT2D eigenvalue weighted by molar-refractivity contribution is 0.0926. The van der Waals surface area contributed by atoms with E-state index in [1.54, 1.807) is 0 Å². The number of aliphatic hydroxyl groups excluding tert-OH is 1. The molecule has 0 spiro atoms. The molecule has 0 aromatic carbocycles. The van der Waals surface area contributed by atoms with Crippen molar-refractivity contribution < 1.29 is 9.52 Å². The lowest BCUT2D eigenvalue weighted by Crippen LogP contribution is -2.33. The third-order valence-corrected chi connectivity index (χ3v) is 3.29. The third-order valence-electron chi connectivity index (χ3n) is 3.29. The van der Waals surface area contributed by atoms with Gasteiger partial charge in [-0.05, 0) is 38.3 Å². The minimum Gasteiger partial charge on any atom is -0.465 e. The second-order valence-electron chi connectivity index (χ2n) is 5.12. The highest BCUT2D eigenvalue weighted by atomic mass is 16.3. The van der Waals surface area contributed by atoms with Gasteiger partial charge in [0, 0.05) is 12.6 Å². The molecule has 1 N–H and O–H groups in total. The molecule has 1 atom stereocenters. The zero-order chi connectivity index (χ0) is 12.3. The Morgan fingerprint density at radius 2 is 2.24 bits per heavy atom. The van der Waals surface area contributed by atoms with E-state index in [0.717, 1.165) is 37.5 Å². The summed E-state index contributed by atoms with van der Waals surface area (Å²) in [7, 11) is 0. The van der Waals surface area contributed by atoms with Crippen molar-refractivity contribution in [1.82, 2.24) is 4.90 Å². The van der Waals surface area contributed by atoms with E-state index < -0.39 is 0 Å². The van der Waals surface area contributed by atoms with Gasteiger partial charge in [0.2, 0.25) is 0 Å². The zero-order valence-corrected chi connectivity index (χ0v) is 10.9. The van der Waals surface area contributed by atoms with E-state index in [1.807, 2.05) is 19.1 Å². The summed E-state index contributed by atoms with van der Waals surface area (Å²) in [4.78, 5) is 2.36. The molecule has 17 heavy (non-hydrogen) atoms. The van der Waals surface area contributed by atoms with E-state index in [2.05, 4.69) is 11.8 Å². The van der Waals surface area contributed by atoms with Crippen LogP contribution in [0.2, 0.25) is 0 Å². The average molecular weight is 237 g/mol. The van der Waals surface area contributed by atoms with Crippen molar-refractivity contribution in [1.29, 1.82) is 0 Å². The number of hydrogen-bond acceptors (Lipinski definition) is 3. The van der Waals surface area contributed by atoms with E-state index in [4.69, 9.17) is 4.42 Å². The third kappa shape index (κ3) is 3.86. The highest BCUT2D eigenvalue weighted by Crippen LogP contribution is 2.29. The lowest BCUT2D eigenvalue weighted by Gasteiger charge is -2.23. The quantitative estimate of drug-likeness (QED) is 0.792. The molecule has 96 valence electrons. The summed E-state index contributed by atoms with van der Waals surface area (Å²) < 4.78 is 5.61. The molecule has 2 rings (SSSR count). The first-order valence-corrected chi connectivity index (χ1v) is 6.66. The molecule has 1 fully saturated rings. The van der Waals surface area contributed by atoms with Crippen LogP contribution in [0.3, 0.4) is 0 Å². The normalized spacial score (nSPS) is 17.6. The molecular formula is C14H23NO2. The molecule has 1 aromatic heterocycles. The number of hydrogen-bond donors (Lipinski definition) is 1. The zero-order valence-electron chi connectivity index (χ0n) is 10.9. The maximum atomic E-state index is 9.91. The van der Waals surface area contributed by atoms with Crippen molar-refractivity contribution in [3.05, 3.63) is 23.7 Å². The highest BCUT2D eigenvalue weighted by molar-refractivity contribution is 5.06. The Morgan fingerprint density at radius 3 is 2.76 bits per heavy atom. The molecule has 1 heterocycles. The van der Waals surface area contributed by atoms with E-state index in [0.29, 0.717) is 6.04 Å². The molecule has 0 amide bonds. The van der Waals surface area contributed by atoms with Gasteiger partial charge in [-0.15, -0.1) is 0 Å². The molecule has 0 saturated heterocycles. The van der Waals surface area contributed by atoms with Crippen LogP contribution in [0, 0.1) is 6.92 Å². The van der Waals surface area contributed by atoms with Crippen molar-refractivity contribution >= 4 is 0 Å². The van der Waals surface area contributed by atoms with E-state index in [-0.39, 0.29) is 6.10 Å². The maximum Gasteiger partial charge on any atom is 0.118 e. The number of furan rings is 1. The standard InChI is InChI=1S/C14H23NO2/c1-3-4-13(16)9-15(12-6-7-12)10-14-8-5-11(2)17-14/h5,8,12-13,16H,3-4,6-7,9-10H2,1-2H3. The fraction of sp³-hybridized carbons (Fsp3) is 0.714. The highest BCUT2D eigenvalue weighted by Gasteiger charge is 2.30. The summed E-state index contributed by atoms with van der Waals surface area (Å²) in [5, 5.41) is 9.91. The van der Waals surface area contributed by atoms with Crippen LogP contribution >= 0.6 is 0 Å². The number of nitrogens with zero attached hydrogens (tertiary/aromatic N) is 1. The van der Waals surface area contributed by atoms with Crippen LogP contribution in [-0.2, 0) is 6.54 Å². The molecule has 0 radical (unpaired) electrons. The van der Waals surface area contributed by atoms with Gasteiger partial charge in [-0.25, -0.2) is 0 Å². The summed E-state index contributed by atoms with van der Waals surface area (Å²) in [5.74, 6) is 1.97. The minimum absolute atomic E-state index is 0.198. The Balaban J connectivity index is 1.88. The van der Waals surface area contributed by atoms with Gasteiger partial charge in [-0.2, -0.15) is 0 Å². The van der Waals surface area contributed by atoms with Crippen molar-refractivity contribution in [3.8, 4) is 0 Å². The topological polar surface area (TPSA) is 36.6 Å². The first kappa shape index (κ1) is 12.7. The molecule has 1 aliphatic carbocycles. The van der Waals surface area contributed by atoms with Crippen molar-refractivity contribution in [2.24, 2.45) is 0 Å². The van der Waals surface area contributed by atoms with Crippen LogP contribution < -0.4 is 0 Å². The monoisotopic (exact) mass is 237 g/mol. The van der Waals surface area contributed by atoms with E-state index in [9.17, 15) is 5.11 Å². The van der Waals surface area contributed by atoms with Crippen molar-refractivity contribution in [3.63, 3.8) is 0 Å². The second kappa shape index (κ2) is 5.69. The molecule has 1 aromatic rings. The molecule has 1 saturated carbocycles. The molecular weight excluding hydrogens is 214 g/mol. The van der Waals surface area contributed by atoms with Crippen LogP contribution in [0.1, 0.15) is 44.1 Å². The Labute approximate surface area is 103 Å². The van der Waals surface area contributed by atoms with Gasteiger partial charge >= 0.3 is 0 Å². The fourth-order valence-electron chi connectivity index (χ4n) is 2.25. The lowest BCUT2D eigenvalue weighted by atomic mass is 10.2. The van der Waals surface area contributed by atoms with E-state index in [1.165, 1.54) is 12.8 Å². The van der Waals surface area contributed by atoms with Crippen molar-refractivity contribution in [2.75, 3.05) is 6.54 Å². The Bertz CT molecular complexity index is 344. The molecule has 3 heteroatoms. The predicted molar refractivity (Wildman–Crippen MR) is 67.8 cm³/mol. The maximum absolute atomic E-state index is 9.91. The largest absolute Gasteiger partial charge is 0.465 e. The Morgan fingerprint density at radius 1 is 1.47 bits per heavy atom. The van der Waals surface area contributed by atoms with E-state index >= 15 is 0 Å². The average Bonchev–Trinajstić information content (AvgIpc) is 3.03. The van der Waals surface area contributed by atoms with Gasteiger partial charge in [0.1, 0.15) is 11.5 Å². The second-order valence-corrected chi connectivity index (χ2v) is 5.12. The van der Waals surface area contributed by atoms with Crippen LogP contribution in [0.4, 0.5) is 0 Å². The number of aliphatic hydroxyl groups is 1. The first-order valence-electron chi connectivity index (χ1n) is 6.66. The smallest absolute Gasteiger partial charge is 0.118 e. The molecule has 0 bridgehead atoms. The summed E-state index contributed by atoms with van der Waals surface area (Å²) in [5.41, 5.74) is 0. The van der Waals surface area contributed by atoms with Gasteiger partial charge in [-0.3, -0.25) is 4.90 Å². The summed E-state index contributed by atoms with van der Waals surface area (Å²) >= 11 is 0. The Hall–Kier alpha value is -0.800. The molecule has 1 aliphatic rings. The van der Waals surface area contributed by atoms with Crippen molar-refractivity contribution in [2.45, 2.75) is 58.2 Å². The van der Waals surface area contributed by atoms with Gasteiger partial charge in [0.05, 0.1) is 12.6 Å². The first-order chi connectivity index (χ1) is 8.19. The van der Waals surface area contributed by atoms with Gasteiger partial charge in [0.25, 0.3) is 0 Å². The van der Waals surface area contributed by atoms with Crippen LogP contribution in [-0.4, -0.2) is 28.7 Å². The number of rotatable bonds is 7. The Kier molecular flexibility index (Phi) is 4.24. The van der Waals surface area contributed by atoms with Gasteiger partial charge in [-0.1, -0.05) is 13.3 Å². The minimum atomic E-state index is -0.198. The van der Waals surface area contributed by atoms with Crippen LogP contribution in [0.25, 0.3) is 0 Å². The fourth-order valence-corrected chi connectivity index (χ4v) is 2.25.